The van der Waals surface area contributed by atoms with Gasteiger partial charge in [-0.25, -0.2) is 4.79 Å². The molecule has 2 aromatic rings. The summed E-state index contributed by atoms with van der Waals surface area (Å²) in [5.74, 6) is -0.998. The Hall–Kier alpha value is -2.75. The van der Waals surface area contributed by atoms with Gasteiger partial charge in [0.2, 0.25) is 5.91 Å². The van der Waals surface area contributed by atoms with Gasteiger partial charge in [-0.15, -0.1) is 11.3 Å². The van der Waals surface area contributed by atoms with Gasteiger partial charge in [0.1, 0.15) is 23.4 Å². The average molecular weight is 338 g/mol. The van der Waals surface area contributed by atoms with E-state index in [1.54, 1.807) is 19.9 Å². The normalized spacial score (nSPS) is 11.8. The minimum absolute atomic E-state index is 0.202. The summed E-state index contributed by atoms with van der Waals surface area (Å²) in [5, 5.41) is 17.5. The Kier molecular flexibility index (Phi) is 4.74. The van der Waals surface area contributed by atoms with E-state index in [2.05, 4.69) is 15.2 Å². The van der Waals surface area contributed by atoms with Gasteiger partial charge in [0.25, 0.3) is 0 Å². The lowest BCUT2D eigenvalue weighted by Crippen LogP contribution is -2.24. The van der Waals surface area contributed by atoms with Gasteiger partial charge in [-0.1, -0.05) is 0 Å². The fraction of sp³-hybridized carbons (Fsp3) is 0.308. The highest BCUT2D eigenvalue weighted by Crippen LogP contribution is 2.29. The van der Waals surface area contributed by atoms with Gasteiger partial charge in [-0.05, 0) is 19.9 Å². The van der Waals surface area contributed by atoms with E-state index >= 15 is 0 Å². The number of nitrogens with zero attached hydrogens (tertiary/aromatic N) is 3. The van der Waals surface area contributed by atoms with Gasteiger partial charge in [0, 0.05) is 4.88 Å². The van der Waals surface area contributed by atoms with Crippen LogP contribution in [-0.4, -0.2) is 33.7 Å². The predicted molar refractivity (Wildman–Crippen MR) is 82.6 cm³/mol. The molecular formula is C13H14N4O5S. The van der Waals surface area contributed by atoms with Crippen LogP contribution in [-0.2, 0) is 9.53 Å². The van der Waals surface area contributed by atoms with Gasteiger partial charge in [0.15, 0.2) is 0 Å². The summed E-state index contributed by atoms with van der Waals surface area (Å²) in [5.41, 5.74) is 0.0638. The molecule has 23 heavy (non-hydrogen) atoms. The van der Waals surface area contributed by atoms with Crippen LogP contribution in [0.25, 0.3) is 0 Å². The zero-order valence-corrected chi connectivity index (χ0v) is 13.4. The first-order valence-corrected chi connectivity index (χ1v) is 7.33. The number of carbonyl (C=O) groups is 2. The lowest BCUT2D eigenvalue weighted by atomic mass is 10.2. The summed E-state index contributed by atoms with van der Waals surface area (Å²) < 4.78 is 5.86. The fourth-order valence-corrected chi connectivity index (χ4v) is 2.74. The zero-order valence-electron chi connectivity index (χ0n) is 12.6. The number of anilines is 1. The van der Waals surface area contributed by atoms with Crippen molar-refractivity contribution >= 4 is 33.9 Å². The average Bonchev–Trinajstić information content (AvgIpc) is 3.12. The van der Waals surface area contributed by atoms with E-state index in [9.17, 15) is 19.7 Å². The van der Waals surface area contributed by atoms with Crippen molar-refractivity contribution in [2.75, 3.05) is 12.4 Å². The molecule has 0 saturated heterocycles. The van der Waals surface area contributed by atoms with Crippen LogP contribution in [0.3, 0.4) is 0 Å². The molecule has 0 aromatic carbocycles. The van der Waals surface area contributed by atoms with Crippen LogP contribution in [0.5, 0.6) is 0 Å². The molecule has 1 N–H and O–H groups in total. The molecule has 2 aromatic heterocycles. The number of esters is 1. The zero-order chi connectivity index (χ0) is 17.1. The minimum atomic E-state index is -0.781. The second-order valence-electron chi connectivity index (χ2n) is 4.69. The molecule has 2 rings (SSSR count). The first kappa shape index (κ1) is 16.6. The highest BCUT2D eigenvalue weighted by Gasteiger charge is 2.22. The third-order valence-corrected chi connectivity index (χ3v) is 4.04. The van der Waals surface area contributed by atoms with E-state index in [0.29, 0.717) is 5.00 Å². The largest absolute Gasteiger partial charge is 0.465 e. The maximum Gasteiger partial charge on any atom is 0.340 e. The molecule has 10 heteroatoms. The van der Waals surface area contributed by atoms with Gasteiger partial charge >= 0.3 is 11.7 Å². The van der Waals surface area contributed by atoms with E-state index < -0.39 is 22.8 Å². The smallest absolute Gasteiger partial charge is 0.340 e. The number of aryl methyl sites for hydroxylation is 1. The molecule has 2 heterocycles. The minimum Gasteiger partial charge on any atom is -0.465 e. The number of rotatable bonds is 5. The van der Waals surface area contributed by atoms with Crippen LogP contribution in [0.4, 0.5) is 10.7 Å². The Morgan fingerprint density at radius 3 is 2.78 bits per heavy atom. The lowest BCUT2D eigenvalue weighted by Gasteiger charge is -2.12. The molecule has 122 valence electrons. The molecule has 1 amide bonds. The number of thiophene rings is 1. The summed E-state index contributed by atoms with van der Waals surface area (Å²) in [4.78, 5) is 34.9. The summed E-state index contributed by atoms with van der Waals surface area (Å²) in [6.45, 7) is 3.34. The maximum atomic E-state index is 12.3. The third kappa shape index (κ3) is 3.54. The third-order valence-electron chi connectivity index (χ3n) is 3.07. The van der Waals surface area contributed by atoms with Crippen molar-refractivity contribution in [3.8, 4) is 0 Å². The second kappa shape index (κ2) is 6.57. The predicted octanol–water partition coefficient (Wildman–Crippen LogP) is 2.15. The summed E-state index contributed by atoms with van der Waals surface area (Å²) in [6, 6.07) is 0.840. The number of amides is 1. The highest BCUT2D eigenvalue weighted by atomic mass is 32.1. The molecule has 0 aliphatic carbocycles. The van der Waals surface area contributed by atoms with Gasteiger partial charge in [-0.3, -0.25) is 19.6 Å². The van der Waals surface area contributed by atoms with Crippen molar-refractivity contribution < 1.29 is 19.2 Å². The van der Waals surface area contributed by atoms with Crippen molar-refractivity contribution in [2.24, 2.45) is 0 Å². The SMILES string of the molecule is COC(=O)c1cc(C)sc1NC(=O)C(C)n1cc([N+](=O)[O-])cn1. The lowest BCUT2D eigenvalue weighted by molar-refractivity contribution is -0.385. The quantitative estimate of drug-likeness (QED) is 0.507. The number of hydrogen-bond donors (Lipinski definition) is 1. The molecule has 0 spiro atoms. The van der Waals surface area contributed by atoms with E-state index in [1.165, 1.54) is 29.3 Å². The van der Waals surface area contributed by atoms with Gasteiger partial charge in [0.05, 0.1) is 17.6 Å². The molecule has 0 aliphatic heterocycles. The highest BCUT2D eigenvalue weighted by molar-refractivity contribution is 7.16. The second-order valence-corrected chi connectivity index (χ2v) is 5.95. The maximum absolute atomic E-state index is 12.3. The van der Waals surface area contributed by atoms with Crippen LogP contribution in [0.2, 0.25) is 0 Å². The van der Waals surface area contributed by atoms with E-state index in [1.807, 2.05) is 0 Å². The molecule has 0 fully saturated rings. The number of nitrogens with one attached hydrogen (secondary N) is 1. The number of carbonyl (C=O) groups excluding carboxylic acids is 2. The number of nitro groups is 1. The van der Waals surface area contributed by atoms with Crippen LogP contribution in [0, 0.1) is 17.0 Å². The number of aromatic nitrogens is 2. The molecule has 1 unspecified atom stereocenters. The first-order valence-electron chi connectivity index (χ1n) is 6.51. The van der Waals surface area contributed by atoms with Gasteiger partial charge in [-0.2, -0.15) is 5.10 Å². The van der Waals surface area contributed by atoms with E-state index in [4.69, 9.17) is 0 Å². The van der Waals surface area contributed by atoms with Crippen molar-refractivity contribution in [1.29, 1.82) is 0 Å². The van der Waals surface area contributed by atoms with Crippen molar-refractivity contribution in [3.63, 3.8) is 0 Å². The molecule has 9 nitrogen and oxygen atoms in total. The summed E-state index contributed by atoms with van der Waals surface area (Å²) in [6.07, 6.45) is 2.24. The van der Waals surface area contributed by atoms with Crippen LogP contribution in [0.1, 0.15) is 28.2 Å². The van der Waals surface area contributed by atoms with E-state index in [0.717, 1.165) is 11.1 Å². The topological polar surface area (TPSA) is 116 Å². The Balaban J connectivity index is 2.18. The molecular weight excluding hydrogens is 324 g/mol. The van der Waals surface area contributed by atoms with Crippen molar-refractivity contribution in [3.05, 3.63) is 39.0 Å². The molecule has 1 atom stereocenters. The van der Waals surface area contributed by atoms with Crippen molar-refractivity contribution in [2.45, 2.75) is 19.9 Å². The molecule has 0 radical (unpaired) electrons. The Morgan fingerprint density at radius 1 is 1.52 bits per heavy atom. The summed E-state index contributed by atoms with van der Waals surface area (Å²) >= 11 is 1.24. The Bertz CT molecular complexity index is 766. The standard InChI is InChI=1S/C13H14N4O5S/c1-7-4-10(13(19)22-3)12(23-7)15-11(18)8(2)16-6-9(5-14-16)17(20)21/h4-6,8H,1-3H3,(H,15,18). The summed E-state index contributed by atoms with van der Waals surface area (Å²) in [7, 11) is 1.26. The van der Waals surface area contributed by atoms with Crippen LogP contribution >= 0.6 is 11.3 Å². The number of hydrogen-bond acceptors (Lipinski definition) is 7. The van der Waals surface area contributed by atoms with Crippen molar-refractivity contribution in [1.82, 2.24) is 9.78 Å². The Morgan fingerprint density at radius 2 is 2.22 bits per heavy atom. The van der Waals surface area contributed by atoms with Crippen LogP contribution in [0.15, 0.2) is 18.5 Å². The monoisotopic (exact) mass is 338 g/mol. The fourth-order valence-electron chi connectivity index (χ4n) is 1.84. The van der Waals surface area contributed by atoms with Gasteiger partial charge < -0.3 is 10.1 Å². The molecule has 0 saturated carbocycles. The van der Waals surface area contributed by atoms with E-state index in [-0.39, 0.29) is 11.3 Å². The molecule has 0 aliphatic rings. The number of methoxy groups -OCH3 is 1. The molecule has 0 bridgehead atoms. The first-order chi connectivity index (χ1) is 10.8. The number of ether oxygens (including phenoxy) is 1. The van der Waals surface area contributed by atoms with Crippen LogP contribution < -0.4 is 5.32 Å². The Labute approximate surface area is 135 Å².